The molecule has 0 aliphatic carbocycles. The van der Waals surface area contributed by atoms with E-state index in [1.165, 1.54) is 0 Å². The van der Waals surface area contributed by atoms with Crippen LogP contribution in [0.15, 0.2) is 41.3 Å². The highest BCUT2D eigenvalue weighted by Gasteiger charge is 2.22. The first-order chi connectivity index (χ1) is 14.6. The Kier molecular flexibility index (Phi) is 4.59. The van der Waals surface area contributed by atoms with Crippen LogP contribution in [0.1, 0.15) is 41.9 Å². The molecule has 9 nitrogen and oxygen atoms in total. The van der Waals surface area contributed by atoms with Crippen LogP contribution >= 0.6 is 0 Å². The molecular formula is C21H23N7O2. The maximum absolute atomic E-state index is 12.7. The molecule has 0 bridgehead atoms. The van der Waals surface area contributed by atoms with Crippen LogP contribution in [-0.2, 0) is 6.54 Å². The van der Waals surface area contributed by atoms with Crippen LogP contribution in [0.5, 0.6) is 0 Å². The first-order valence-corrected chi connectivity index (χ1v) is 10.2. The second-order valence-electron chi connectivity index (χ2n) is 7.55. The van der Waals surface area contributed by atoms with Crippen molar-refractivity contribution in [3.05, 3.63) is 58.3 Å². The van der Waals surface area contributed by atoms with Gasteiger partial charge >= 0.3 is 0 Å². The third-order valence-electron chi connectivity index (χ3n) is 5.67. The lowest BCUT2D eigenvalue weighted by molar-refractivity contribution is 0.102. The van der Waals surface area contributed by atoms with E-state index in [0.29, 0.717) is 34.5 Å². The number of carbonyl (C=O) groups excluding carboxylic acids is 1. The monoisotopic (exact) mass is 405 g/mol. The molecule has 1 aromatic carbocycles. The van der Waals surface area contributed by atoms with Crippen LogP contribution in [0.2, 0.25) is 0 Å². The van der Waals surface area contributed by atoms with Crippen LogP contribution in [0.3, 0.4) is 0 Å². The van der Waals surface area contributed by atoms with Crippen molar-refractivity contribution in [1.82, 2.24) is 29.7 Å². The second-order valence-corrected chi connectivity index (χ2v) is 7.55. The number of hydrogen-bond donors (Lipinski definition) is 3. The molecule has 1 fully saturated rings. The third-order valence-corrected chi connectivity index (χ3v) is 5.67. The zero-order valence-corrected chi connectivity index (χ0v) is 16.7. The Morgan fingerprint density at radius 3 is 2.83 bits per heavy atom. The molecule has 4 heterocycles. The van der Waals surface area contributed by atoms with Crippen molar-refractivity contribution < 1.29 is 4.79 Å². The summed E-state index contributed by atoms with van der Waals surface area (Å²) in [4.78, 5) is 28.1. The summed E-state index contributed by atoms with van der Waals surface area (Å²) in [5, 5.41) is 16.0. The van der Waals surface area contributed by atoms with E-state index < -0.39 is 0 Å². The van der Waals surface area contributed by atoms with Crippen molar-refractivity contribution in [2.45, 2.75) is 32.2 Å². The molecule has 1 aliphatic rings. The number of aryl methyl sites for hydroxylation is 1. The molecule has 1 amide bonds. The highest BCUT2D eigenvalue weighted by atomic mass is 16.2. The number of nitrogens with one attached hydrogen (secondary N) is 3. The number of rotatable bonds is 4. The third kappa shape index (κ3) is 3.17. The number of carbonyl (C=O) groups is 1. The van der Waals surface area contributed by atoms with Gasteiger partial charge in [-0.25, -0.2) is 4.52 Å². The number of amides is 1. The Bertz CT molecular complexity index is 1290. The number of fused-ring (bicyclic) bond motifs is 3. The standard InChI is InChI=1S/C21H23N7O2/c1-2-27-11-8-16(25-27)21(30)23-14-4-3-5-15-19(14)20-24-18(29)12-17(28(20)26-15)13-6-9-22-10-7-13/h3-5,8,11-13,22H,2,6-7,9-10H2,1H3,(H,23,30)(H,24,29). The number of hydrogen-bond acceptors (Lipinski definition) is 5. The summed E-state index contributed by atoms with van der Waals surface area (Å²) >= 11 is 0. The zero-order chi connectivity index (χ0) is 20.7. The molecule has 0 unspecified atom stereocenters. The number of aromatic amines is 1. The van der Waals surface area contributed by atoms with Crippen molar-refractivity contribution in [2.75, 3.05) is 18.4 Å². The molecule has 0 atom stereocenters. The Morgan fingerprint density at radius 1 is 1.23 bits per heavy atom. The molecule has 0 radical (unpaired) electrons. The lowest BCUT2D eigenvalue weighted by Crippen LogP contribution is -2.28. The van der Waals surface area contributed by atoms with Gasteiger partial charge in [0.05, 0.1) is 22.3 Å². The van der Waals surface area contributed by atoms with Crippen LogP contribution in [0, 0.1) is 0 Å². The van der Waals surface area contributed by atoms with Gasteiger partial charge in [0.25, 0.3) is 11.5 Å². The van der Waals surface area contributed by atoms with Crippen LogP contribution in [0.25, 0.3) is 16.6 Å². The van der Waals surface area contributed by atoms with E-state index in [4.69, 9.17) is 5.10 Å². The summed E-state index contributed by atoms with van der Waals surface area (Å²) in [7, 11) is 0. The average molecular weight is 405 g/mol. The molecule has 30 heavy (non-hydrogen) atoms. The van der Waals surface area contributed by atoms with Gasteiger partial charge in [0, 0.05) is 24.7 Å². The van der Waals surface area contributed by atoms with Gasteiger partial charge in [-0.05, 0) is 51.1 Å². The van der Waals surface area contributed by atoms with E-state index >= 15 is 0 Å². The summed E-state index contributed by atoms with van der Waals surface area (Å²) in [6, 6.07) is 8.87. The van der Waals surface area contributed by atoms with E-state index in [9.17, 15) is 9.59 Å². The lowest BCUT2D eigenvalue weighted by Gasteiger charge is -2.23. The van der Waals surface area contributed by atoms with Gasteiger partial charge in [-0.15, -0.1) is 0 Å². The van der Waals surface area contributed by atoms with Gasteiger partial charge < -0.3 is 15.6 Å². The maximum atomic E-state index is 12.7. The molecular weight excluding hydrogens is 382 g/mol. The fourth-order valence-corrected chi connectivity index (χ4v) is 4.14. The van der Waals surface area contributed by atoms with E-state index in [2.05, 4.69) is 20.7 Å². The number of aromatic nitrogens is 5. The summed E-state index contributed by atoms with van der Waals surface area (Å²) in [5.74, 6) is -0.0349. The SMILES string of the molecule is CCn1ccc(C(=O)Nc2cccc3nn4c(C5CCNCC5)cc(=O)[nH]c4c23)n1. The number of nitrogens with zero attached hydrogens (tertiary/aromatic N) is 4. The normalized spacial score (nSPS) is 15.1. The first-order valence-electron chi connectivity index (χ1n) is 10.2. The van der Waals surface area contributed by atoms with E-state index in [1.807, 2.05) is 29.6 Å². The van der Waals surface area contributed by atoms with Crippen LogP contribution in [0.4, 0.5) is 5.69 Å². The average Bonchev–Trinajstić information content (AvgIpc) is 3.39. The van der Waals surface area contributed by atoms with Crippen LogP contribution in [-0.4, -0.2) is 43.4 Å². The van der Waals surface area contributed by atoms with Crippen molar-refractivity contribution >= 4 is 28.1 Å². The lowest BCUT2D eigenvalue weighted by atomic mass is 9.94. The van der Waals surface area contributed by atoms with Crippen molar-refractivity contribution in [1.29, 1.82) is 0 Å². The Hall–Kier alpha value is -3.46. The number of anilines is 1. The molecule has 3 aromatic heterocycles. The van der Waals surface area contributed by atoms with Crippen LogP contribution < -0.4 is 16.2 Å². The topological polar surface area (TPSA) is 109 Å². The summed E-state index contributed by atoms with van der Waals surface area (Å²) in [5.41, 5.74) is 2.99. The summed E-state index contributed by atoms with van der Waals surface area (Å²) in [6.07, 6.45) is 3.69. The quantitative estimate of drug-likeness (QED) is 0.482. The molecule has 9 heteroatoms. The van der Waals surface area contributed by atoms with Gasteiger partial charge in [-0.2, -0.15) is 10.2 Å². The van der Waals surface area contributed by atoms with Gasteiger partial charge in [-0.1, -0.05) is 6.07 Å². The second kappa shape index (κ2) is 7.42. The van der Waals surface area contributed by atoms with E-state index in [-0.39, 0.29) is 17.4 Å². The fraction of sp³-hybridized carbons (Fsp3) is 0.333. The first kappa shape index (κ1) is 18.6. The molecule has 0 spiro atoms. The largest absolute Gasteiger partial charge is 0.320 e. The Balaban J connectivity index is 1.61. The molecule has 0 saturated carbocycles. The number of H-pyrrole nitrogens is 1. The predicted octanol–water partition coefficient (Wildman–Crippen LogP) is 2.11. The molecule has 3 N–H and O–H groups in total. The van der Waals surface area contributed by atoms with E-state index in [0.717, 1.165) is 31.6 Å². The fourth-order valence-electron chi connectivity index (χ4n) is 4.14. The highest BCUT2D eigenvalue weighted by Crippen LogP contribution is 2.30. The molecule has 1 saturated heterocycles. The molecule has 5 rings (SSSR count). The summed E-state index contributed by atoms with van der Waals surface area (Å²) < 4.78 is 3.52. The number of benzene rings is 1. The van der Waals surface area contributed by atoms with Crippen molar-refractivity contribution in [3.63, 3.8) is 0 Å². The number of piperidine rings is 1. The predicted molar refractivity (Wildman–Crippen MR) is 114 cm³/mol. The summed E-state index contributed by atoms with van der Waals surface area (Å²) in [6.45, 7) is 4.50. The van der Waals surface area contributed by atoms with Gasteiger partial charge in [0.1, 0.15) is 5.65 Å². The highest BCUT2D eigenvalue weighted by molar-refractivity contribution is 6.11. The molecule has 4 aromatic rings. The smallest absolute Gasteiger partial charge is 0.276 e. The van der Waals surface area contributed by atoms with Gasteiger partial charge in [0.15, 0.2) is 5.69 Å². The van der Waals surface area contributed by atoms with E-state index in [1.54, 1.807) is 23.0 Å². The molecule has 1 aliphatic heterocycles. The maximum Gasteiger partial charge on any atom is 0.276 e. The minimum atomic E-state index is -0.300. The molecule has 154 valence electrons. The minimum Gasteiger partial charge on any atom is -0.320 e. The van der Waals surface area contributed by atoms with Crippen molar-refractivity contribution in [2.24, 2.45) is 0 Å². The zero-order valence-electron chi connectivity index (χ0n) is 16.7. The van der Waals surface area contributed by atoms with Gasteiger partial charge in [-0.3, -0.25) is 14.3 Å². The minimum absolute atomic E-state index is 0.166. The Morgan fingerprint density at radius 2 is 2.07 bits per heavy atom. The van der Waals surface area contributed by atoms with Gasteiger partial charge in [0.2, 0.25) is 0 Å². The van der Waals surface area contributed by atoms with Crippen molar-refractivity contribution in [3.8, 4) is 0 Å². The Labute approximate surface area is 172 Å².